The van der Waals surface area contributed by atoms with Gasteiger partial charge in [0.15, 0.2) is 0 Å². The molecule has 1 unspecified atom stereocenters. The van der Waals surface area contributed by atoms with Crippen LogP contribution in [0.2, 0.25) is 0 Å². The predicted octanol–water partition coefficient (Wildman–Crippen LogP) is 1.41. The van der Waals surface area contributed by atoms with Crippen molar-refractivity contribution in [2.24, 2.45) is 0 Å². The Morgan fingerprint density at radius 2 is 2.39 bits per heavy atom. The highest BCUT2D eigenvalue weighted by atomic mass is 19.1. The molecule has 1 N–H and O–H groups in total. The Labute approximate surface area is 105 Å². The molecule has 1 heterocycles. The summed E-state index contributed by atoms with van der Waals surface area (Å²) in [4.78, 5) is 13.0. The summed E-state index contributed by atoms with van der Waals surface area (Å²) in [6.07, 6.45) is 0.835. The van der Waals surface area contributed by atoms with E-state index in [1.807, 2.05) is 11.0 Å². The highest BCUT2D eigenvalue weighted by Crippen LogP contribution is 2.25. The van der Waals surface area contributed by atoms with Crippen molar-refractivity contribution in [1.82, 2.24) is 5.32 Å². The van der Waals surface area contributed by atoms with Crippen LogP contribution in [0.25, 0.3) is 0 Å². The Balaban J connectivity index is 2.14. The van der Waals surface area contributed by atoms with Crippen molar-refractivity contribution >= 4 is 11.6 Å². The van der Waals surface area contributed by atoms with Crippen LogP contribution < -0.4 is 10.2 Å². The first-order chi connectivity index (χ1) is 8.60. The summed E-state index contributed by atoms with van der Waals surface area (Å²) in [6.45, 7) is 2.90. The van der Waals surface area contributed by atoms with E-state index < -0.39 is 5.82 Å². The number of carbonyl (C=O) groups excluding carboxylic acids is 1. The largest absolute Gasteiger partial charge is 0.368 e. The number of nitrogens with zero attached hydrogens (tertiary/aromatic N) is 2. The number of nitriles is 1. The fraction of sp³-hybridized carbons (Fsp3) is 0.385. The lowest BCUT2D eigenvalue weighted by Gasteiger charge is -2.20. The Morgan fingerprint density at radius 3 is 3.06 bits per heavy atom. The van der Waals surface area contributed by atoms with Gasteiger partial charge in [-0.1, -0.05) is 0 Å². The average Bonchev–Trinajstić information content (AvgIpc) is 2.76. The van der Waals surface area contributed by atoms with Gasteiger partial charge in [-0.2, -0.15) is 5.26 Å². The van der Waals surface area contributed by atoms with Crippen molar-refractivity contribution in [3.63, 3.8) is 0 Å². The summed E-state index contributed by atoms with van der Waals surface area (Å²) in [7, 11) is 0. The molecule has 1 fully saturated rings. The quantitative estimate of drug-likeness (QED) is 0.859. The van der Waals surface area contributed by atoms with Crippen molar-refractivity contribution in [2.45, 2.75) is 19.4 Å². The van der Waals surface area contributed by atoms with Crippen LogP contribution in [0.15, 0.2) is 18.2 Å². The van der Waals surface area contributed by atoms with Crippen LogP contribution in [-0.2, 0) is 4.79 Å². The van der Waals surface area contributed by atoms with Gasteiger partial charge in [0.2, 0.25) is 5.91 Å². The molecule has 0 aliphatic carbocycles. The topological polar surface area (TPSA) is 56.1 Å². The molecule has 0 saturated carbocycles. The van der Waals surface area contributed by atoms with Gasteiger partial charge in [0.05, 0.1) is 11.3 Å². The Hall–Kier alpha value is -2.09. The maximum Gasteiger partial charge on any atom is 0.217 e. The number of hydrogen-bond acceptors (Lipinski definition) is 3. The smallest absolute Gasteiger partial charge is 0.217 e. The van der Waals surface area contributed by atoms with Crippen LogP contribution in [0.1, 0.15) is 18.9 Å². The van der Waals surface area contributed by atoms with Crippen LogP contribution in [0.4, 0.5) is 10.1 Å². The van der Waals surface area contributed by atoms with Gasteiger partial charge in [-0.25, -0.2) is 4.39 Å². The minimum atomic E-state index is -0.409. The minimum absolute atomic E-state index is 0.0542. The van der Waals surface area contributed by atoms with Gasteiger partial charge < -0.3 is 10.2 Å². The Kier molecular flexibility index (Phi) is 3.47. The molecule has 94 valence electrons. The number of halogens is 1. The van der Waals surface area contributed by atoms with E-state index in [-0.39, 0.29) is 11.9 Å². The second-order valence-corrected chi connectivity index (χ2v) is 4.41. The molecule has 0 spiro atoms. The van der Waals surface area contributed by atoms with Crippen molar-refractivity contribution in [2.75, 3.05) is 18.0 Å². The van der Waals surface area contributed by atoms with E-state index in [2.05, 4.69) is 5.32 Å². The molecular weight excluding hydrogens is 233 g/mol. The first-order valence-electron chi connectivity index (χ1n) is 5.82. The lowest BCUT2D eigenvalue weighted by Crippen LogP contribution is -2.35. The van der Waals surface area contributed by atoms with E-state index >= 15 is 0 Å². The van der Waals surface area contributed by atoms with Gasteiger partial charge in [0.1, 0.15) is 11.9 Å². The highest BCUT2D eigenvalue weighted by Gasteiger charge is 2.24. The predicted molar refractivity (Wildman–Crippen MR) is 65.5 cm³/mol. The number of nitrogens with one attached hydrogen (secondary N) is 1. The summed E-state index contributed by atoms with van der Waals surface area (Å²) >= 11 is 0. The van der Waals surface area contributed by atoms with E-state index in [9.17, 15) is 9.18 Å². The molecule has 1 saturated heterocycles. The van der Waals surface area contributed by atoms with Crippen LogP contribution in [0.3, 0.4) is 0 Å². The van der Waals surface area contributed by atoms with Crippen molar-refractivity contribution in [3.8, 4) is 6.07 Å². The first-order valence-corrected chi connectivity index (χ1v) is 5.82. The maximum absolute atomic E-state index is 13.0. The van der Waals surface area contributed by atoms with Gasteiger partial charge >= 0.3 is 0 Å². The third-order valence-electron chi connectivity index (χ3n) is 3.02. The van der Waals surface area contributed by atoms with E-state index in [0.29, 0.717) is 12.1 Å². The number of benzene rings is 1. The average molecular weight is 247 g/mol. The number of rotatable bonds is 2. The van der Waals surface area contributed by atoms with E-state index in [0.717, 1.165) is 18.7 Å². The fourth-order valence-electron chi connectivity index (χ4n) is 2.26. The summed E-state index contributed by atoms with van der Waals surface area (Å²) in [5.74, 6) is -0.464. The molecule has 0 radical (unpaired) electrons. The molecule has 2 rings (SSSR count). The summed E-state index contributed by atoms with van der Waals surface area (Å²) in [5, 5.41) is 11.9. The van der Waals surface area contributed by atoms with E-state index in [1.165, 1.54) is 19.1 Å². The van der Waals surface area contributed by atoms with Crippen molar-refractivity contribution < 1.29 is 9.18 Å². The third-order valence-corrected chi connectivity index (χ3v) is 3.02. The number of anilines is 1. The lowest BCUT2D eigenvalue weighted by atomic mass is 10.1. The van der Waals surface area contributed by atoms with Crippen LogP contribution >= 0.6 is 0 Å². The summed E-state index contributed by atoms with van der Waals surface area (Å²) < 4.78 is 13.0. The SMILES string of the molecule is CC(=O)NC1CCN(c2ccc(F)cc2C#N)C1. The van der Waals surface area contributed by atoms with E-state index in [1.54, 1.807) is 6.07 Å². The molecule has 1 aromatic rings. The maximum atomic E-state index is 13.0. The number of hydrogen-bond donors (Lipinski definition) is 1. The van der Waals surface area contributed by atoms with E-state index in [4.69, 9.17) is 5.26 Å². The number of carbonyl (C=O) groups is 1. The third kappa shape index (κ3) is 2.59. The second kappa shape index (κ2) is 5.05. The number of amides is 1. The fourth-order valence-corrected chi connectivity index (χ4v) is 2.26. The molecule has 1 aromatic carbocycles. The molecule has 1 atom stereocenters. The standard InChI is InChI=1S/C13H14FN3O/c1-9(18)16-12-4-5-17(8-12)13-3-2-11(14)6-10(13)7-15/h2-3,6,12H,4-5,8H2,1H3,(H,16,18). The normalized spacial score (nSPS) is 18.5. The van der Waals surface area contributed by atoms with Crippen molar-refractivity contribution in [3.05, 3.63) is 29.6 Å². The first kappa shape index (κ1) is 12.4. The summed E-state index contributed by atoms with van der Waals surface area (Å²) in [5.41, 5.74) is 1.06. The molecule has 5 heteroatoms. The zero-order valence-corrected chi connectivity index (χ0v) is 10.1. The lowest BCUT2D eigenvalue weighted by molar-refractivity contribution is -0.119. The molecular formula is C13H14FN3O. The molecule has 0 bridgehead atoms. The molecule has 18 heavy (non-hydrogen) atoms. The van der Waals surface area contributed by atoms with Crippen molar-refractivity contribution in [1.29, 1.82) is 5.26 Å². The Bertz CT molecular complexity index is 509. The molecule has 0 aromatic heterocycles. The monoisotopic (exact) mass is 247 g/mol. The van der Waals surface area contributed by atoms with Crippen LogP contribution in [-0.4, -0.2) is 25.0 Å². The minimum Gasteiger partial charge on any atom is -0.368 e. The van der Waals surface area contributed by atoms with Crippen LogP contribution in [0.5, 0.6) is 0 Å². The Morgan fingerprint density at radius 1 is 1.61 bits per heavy atom. The molecule has 1 amide bonds. The highest BCUT2D eigenvalue weighted by molar-refractivity contribution is 5.73. The van der Waals surface area contributed by atoms with Gasteiger partial charge in [-0.05, 0) is 24.6 Å². The second-order valence-electron chi connectivity index (χ2n) is 4.41. The zero-order chi connectivity index (χ0) is 13.1. The zero-order valence-electron chi connectivity index (χ0n) is 10.1. The van der Waals surface area contributed by atoms with Crippen LogP contribution in [0, 0.1) is 17.1 Å². The van der Waals surface area contributed by atoms with Gasteiger partial charge in [-0.3, -0.25) is 4.79 Å². The summed E-state index contributed by atoms with van der Waals surface area (Å²) in [6, 6.07) is 6.30. The van der Waals surface area contributed by atoms with Gasteiger partial charge in [0.25, 0.3) is 0 Å². The molecule has 1 aliphatic rings. The molecule has 4 nitrogen and oxygen atoms in total. The van der Waals surface area contributed by atoms with Gasteiger partial charge in [-0.15, -0.1) is 0 Å². The van der Waals surface area contributed by atoms with Gasteiger partial charge in [0, 0.05) is 26.1 Å². The molecule has 1 aliphatic heterocycles.